The Morgan fingerprint density at radius 3 is 1.47 bits per heavy atom. The normalized spacial score (nSPS) is 27.6. The highest BCUT2D eigenvalue weighted by molar-refractivity contribution is 6.34. The first-order chi connectivity index (χ1) is 7.24. The summed E-state index contributed by atoms with van der Waals surface area (Å²) in [6.45, 7) is 0. The van der Waals surface area contributed by atoms with E-state index in [1.165, 1.54) is 22.3 Å². The maximum atomic E-state index is 6.22. The molecule has 0 heterocycles. The fraction of sp³-hybridized carbons (Fsp3) is 0.0769. The van der Waals surface area contributed by atoms with Crippen molar-refractivity contribution in [3.63, 3.8) is 0 Å². The van der Waals surface area contributed by atoms with Crippen LogP contribution < -0.4 is 0 Å². The van der Waals surface area contributed by atoms with Gasteiger partial charge < -0.3 is 0 Å². The molecule has 2 heteroatoms. The molecule has 0 N–H and O–H groups in total. The highest BCUT2D eigenvalue weighted by atomic mass is 35.5. The summed E-state index contributed by atoms with van der Waals surface area (Å²) >= 11 is 12.4. The fourth-order valence-electron chi connectivity index (χ4n) is 3.04. The molecule has 0 unspecified atom stereocenters. The maximum Gasteiger partial charge on any atom is 0.0731 e. The van der Waals surface area contributed by atoms with E-state index in [2.05, 4.69) is 24.3 Å². The minimum absolute atomic E-state index is 0.117. The monoisotopic (exact) mass is 232 g/mol. The zero-order valence-corrected chi connectivity index (χ0v) is 9.23. The SMILES string of the molecule is ClC1=C2C=CC(=C1)C21C2=CC(Cl)=C1C=C2. The Labute approximate surface area is 97.6 Å². The second kappa shape index (κ2) is 2.23. The second-order valence-electron chi connectivity index (χ2n) is 4.14. The van der Waals surface area contributed by atoms with Crippen molar-refractivity contribution in [2.45, 2.75) is 0 Å². The summed E-state index contributed by atoms with van der Waals surface area (Å²) in [5, 5.41) is 1.71. The van der Waals surface area contributed by atoms with Gasteiger partial charge >= 0.3 is 0 Å². The van der Waals surface area contributed by atoms with Crippen molar-refractivity contribution in [1.82, 2.24) is 0 Å². The Morgan fingerprint density at radius 2 is 1.20 bits per heavy atom. The lowest BCUT2D eigenvalue weighted by molar-refractivity contribution is 0.736. The number of allylic oxidation sites excluding steroid dienone is 12. The lowest BCUT2D eigenvalue weighted by Crippen LogP contribution is -2.17. The smallest absolute Gasteiger partial charge is 0.0731 e. The van der Waals surface area contributed by atoms with Crippen LogP contribution in [0, 0.1) is 5.41 Å². The molecule has 4 aliphatic carbocycles. The predicted molar refractivity (Wildman–Crippen MR) is 62.6 cm³/mol. The minimum atomic E-state index is -0.117. The van der Waals surface area contributed by atoms with Gasteiger partial charge in [0.15, 0.2) is 0 Å². The van der Waals surface area contributed by atoms with Crippen molar-refractivity contribution in [2.24, 2.45) is 5.41 Å². The molecule has 4 aliphatic rings. The molecular weight excluding hydrogens is 227 g/mol. The minimum Gasteiger partial charge on any atom is -0.0840 e. The summed E-state index contributed by atoms with van der Waals surface area (Å²) in [6.07, 6.45) is 12.6. The molecule has 72 valence electrons. The van der Waals surface area contributed by atoms with Crippen LogP contribution in [0.2, 0.25) is 0 Å². The van der Waals surface area contributed by atoms with E-state index in [0.29, 0.717) is 0 Å². The first-order valence-electron chi connectivity index (χ1n) is 4.85. The van der Waals surface area contributed by atoms with Gasteiger partial charge in [0, 0.05) is 10.1 Å². The molecular formula is C13H6Cl2. The molecule has 0 saturated carbocycles. The van der Waals surface area contributed by atoms with Gasteiger partial charge in [0.05, 0.1) is 5.41 Å². The molecule has 4 bridgehead atoms. The molecule has 0 saturated heterocycles. The van der Waals surface area contributed by atoms with Crippen LogP contribution in [0.15, 0.2) is 68.8 Å². The average molecular weight is 233 g/mol. The number of rotatable bonds is 0. The molecule has 0 aromatic heterocycles. The predicted octanol–water partition coefficient (Wildman–Crippen LogP) is 3.98. The molecule has 0 aliphatic heterocycles. The van der Waals surface area contributed by atoms with Gasteiger partial charge in [-0.2, -0.15) is 0 Å². The standard InChI is InChI=1S/C13H6Cl2/c14-11-5-7-1-3-9(11)13(7)8-2-4-10(13)12(15)6-8/h1-6H. The van der Waals surface area contributed by atoms with Crippen molar-refractivity contribution < 1.29 is 0 Å². The third-order valence-electron chi connectivity index (χ3n) is 3.61. The van der Waals surface area contributed by atoms with Crippen LogP contribution in [-0.4, -0.2) is 0 Å². The fourth-order valence-corrected chi connectivity index (χ4v) is 3.68. The third-order valence-corrected chi connectivity index (χ3v) is 4.24. The van der Waals surface area contributed by atoms with E-state index in [4.69, 9.17) is 23.2 Å². The Balaban J connectivity index is 2.12. The number of hydrogen-bond donors (Lipinski definition) is 0. The highest BCUT2D eigenvalue weighted by Gasteiger charge is 2.53. The molecule has 0 nitrogen and oxygen atoms in total. The van der Waals surface area contributed by atoms with E-state index in [9.17, 15) is 0 Å². The van der Waals surface area contributed by atoms with Crippen LogP contribution in [0.4, 0.5) is 0 Å². The van der Waals surface area contributed by atoms with Crippen LogP contribution >= 0.6 is 23.2 Å². The van der Waals surface area contributed by atoms with Gasteiger partial charge in [-0.25, -0.2) is 0 Å². The third kappa shape index (κ3) is 0.658. The lowest BCUT2D eigenvalue weighted by Gasteiger charge is -2.25. The van der Waals surface area contributed by atoms with Crippen molar-refractivity contribution in [3.8, 4) is 0 Å². The summed E-state index contributed by atoms with van der Waals surface area (Å²) in [5.74, 6) is 0. The zero-order chi connectivity index (χ0) is 10.2. The Morgan fingerprint density at radius 1 is 0.733 bits per heavy atom. The van der Waals surface area contributed by atoms with Crippen LogP contribution in [0.3, 0.4) is 0 Å². The molecule has 0 amide bonds. The van der Waals surface area contributed by atoms with Gasteiger partial charge in [0.1, 0.15) is 0 Å². The first-order valence-corrected chi connectivity index (χ1v) is 5.61. The average Bonchev–Trinajstić information content (AvgIpc) is 2.88. The molecule has 0 atom stereocenters. The van der Waals surface area contributed by atoms with E-state index in [-0.39, 0.29) is 5.41 Å². The van der Waals surface area contributed by atoms with E-state index in [1.54, 1.807) is 0 Å². The van der Waals surface area contributed by atoms with Gasteiger partial charge in [-0.05, 0) is 34.4 Å². The highest BCUT2D eigenvalue weighted by Crippen LogP contribution is 2.65. The van der Waals surface area contributed by atoms with Gasteiger partial charge in [-0.3, -0.25) is 0 Å². The van der Waals surface area contributed by atoms with Crippen LogP contribution in [0.5, 0.6) is 0 Å². The van der Waals surface area contributed by atoms with E-state index in [1.807, 2.05) is 12.2 Å². The second-order valence-corrected chi connectivity index (χ2v) is 4.95. The zero-order valence-electron chi connectivity index (χ0n) is 7.72. The van der Waals surface area contributed by atoms with Crippen LogP contribution in [0.1, 0.15) is 0 Å². The van der Waals surface area contributed by atoms with Crippen molar-refractivity contribution in [1.29, 1.82) is 0 Å². The van der Waals surface area contributed by atoms with E-state index in [0.717, 1.165) is 10.1 Å². The Hall–Kier alpha value is -0.980. The van der Waals surface area contributed by atoms with Crippen molar-refractivity contribution in [3.05, 3.63) is 68.8 Å². The molecule has 4 rings (SSSR count). The van der Waals surface area contributed by atoms with Gasteiger partial charge in [-0.1, -0.05) is 47.5 Å². The van der Waals surface area contributed by atoms with Gasteiger partial charge in [0.2, 0.25) is 0 Å². The molecule has 0 fully saturated rings. The summed E-state index contributed by atoms with van der Waals surface area (Å²) < 4.78 is 0. The molecule has 0 aromatic carbocycles. The summed E-state index contributed by atoms with van der Waals surface area (Å²) in [7, 11) is 0. The number of hydrogen-bond acceptors (Lipinski definition) is 0. The summed E-state index contributed by atoms with van der Waals surface area (Å²) in [6, 6.07) is 0. The Kier molecular flexibility index (Phi) is 1.22. The van der Waals surface area contributed by atoms with Gasteiger partial charge in [0.25, 0.3) is 0 Å². The molecule has 0 radical (unpaired) electrons. The largest absolute Gasteiger partial charge is 0.0840 e. The van der Waals surface area contributed by atoms with Gasteiger partial charge in [-0.15, -0.1) is 0 Å². The lowest BCUT2D eigenvalue weighted by atomic mass is 9.75. The Bertz CT molecular complexity index is 538. The van der Waals surface area contributed by atoms with Crippen LogP contribution in [0.25, 0.3) is 0 Å². The maximum absolute atomic E-state index is 6.22. The molecule has 0 aromatic rings. The number of halogens is 2. The van der Waals surface area contributed by atoms with Crippen molar-refractivity contribution in [2.75, 3.05) is 0 Å². The molecule has 1 spiro atoms. The van der Waals surface area contributed by atoms with Crippen LogP contribution in [-0.2, 0) is 0 Å². The van der Waals surface area contributed by atoms with E-state index < -0.39 is 0 Å². The van der Waals surface area contributed by atoms with Crippen molar-refractivity contribution >= 4 is 23.2 Å². The van der Waals surface area contributed by atoms with E-state index >= 15 is 0 Å². The first kappa shape index (κ1) is 8.20. The molecule has 15 heavy (non-hydrogen) atoms. The summed E-state index contributed by atoms with van der Waals surface area (Å²) in [5.41, 5.74) is 4.75. The topological polar surface area (TPSA) is 0 Å². The quantitative estimate of drug-likeness (QED) is 0.593. The summed E-state index contributed by atoms with van der Waals surface area (Å²) in [4.78, 5) is 0.